The summed E-state index contributed by atoms with van der Waals surface area (Å²) >= 11 is 6.38. The van der Waals surface area contributed by atoms with Crippen molar-refractivity contribution in [2.24, 2.45) is 5.92 Å². The molecule has 1 aliphatic rings. The van der Waals surface area contributed by atoms with Gasteiger partial charge in [-0.05, 0) is 87.6 Å². The summed E-state index contributed by atoms with van der Waals surface area (Å²) in [6.07, 6.45) is 4.51. The van der Waals surface area contributed by atoms with Crippen molar-refractivity contribution in [3.63, 3.8) is 0 Å². The third-order valence-corrected chi connectivity index (χ3v) is 9.13. The molecule has 0 radical (unpaired) electrons. The summed E-state index contributed by atoms with van der Waals surface area (Å²) in [7, 11) is 1.40. The maximum atomic E-state index is 12.7. The van der Waals surface area contributed by atoms with Gasteiger partial charge in [-0.15, -0.1) is 0 Å². The van der Waals surface area contributed by atoms with E-state index in [9.17, 15) is 24.0 Å². The number of ether oxygens (including phenoxy) is 3. The Kier molecular flexibility index (Phi) is 14.3. The normalized spacial score (nSPS) is 17.1. The number of rotatable bonds is 15. The molecular weight excluding hydrogens is 658 g/mol. The molecule has 0 aliphatic carbocycles. The van der Waals surface area contributed by atoms with E-state index in [4.69, 9.17) is 25.8 Å². The first-order valence-corrected chi connectivity index (χ1v) is 17.7. The minimum Gasteiger partial charge on any atom is -0.491 e. The molecule has 4 atom stereocenters. The third-order valence-electron chi connectivity index (χ3n) is 7.91. The first kappa shape index (κ1) is 39.3. The molecule has 0 saturated carbocycles. The Bertz CT molecular complexity index is 1450. The van der Waals surface area contributed by atoms with Crippen molar-refractivity contribution in [3.05, 3.63) is 64.7 Å². The molecule has 0 saturated heterocycles. The molecular formula is C35H50ClN3O8S. The second kappa shape index (κ2) is 17.5. The van der Waals surface area contributed by atoms with Crippen LogP contribution in [0.25, 0.3) is 0 Å². The van der Waals surface area contributed by atoms with Crippen LogP contribution in [0, 0.1) is 5.92 Å². The van der Waals surface area contributed by atoms with Gasteiger partial charge in [0, 0.05) is 50.1 Å². The number of fused-ring (bicyclic) bond motifs is 1. The molecule has 2 aromatic carbocycles. The van der Waals surface area contributed by atoms with Gasteiger partial charge < -0.3 is 34.2 Å². The van der Waals surface area contributed by atoms with E-state index in [0.717, 1.165) is 35.7 Å². The van der Waals surface area contributed by atoms with Crippen LogP contribution in [-0.4, -0.2) is 83.3 Å². The minimum atomic E-state index is -2.58. The van der Waals surface area contributed by atoms with E-state index < -0.39 is 34.8 Å². The van der Waals surface area contributed by atoms with Crippen molar-refractivity contribution < 1.29 is 38.2 Å². The Balaban J connectivity index is 2.00. The Labute approximate surface area is 291 Å². The standard InChI is InChI=1S/C35H50ClN3O8S/c1-8-10-25-19-27(36)11-13-29(25)26-21-39(30-20-28(48(44)37-23-40)12-14-32(30)45-22-26)18-16-24(9-2)31(46-33(41)38(6)7)15-17-35(42,43)47-34(3,4)5/h11-15,17,19-20,23-24,26,31,42-43H,8-10,16,18,21-22H2,1-7H3,(H,37,40)/b17-15+. The Morgan fingerprint density at radius 2 is 1.94 bits per heavy atom. The van der Waals surface area contributed by atoms with Gasteiger partial charge in [0.05, 0.1) is 22.8 Å². The maximum absolute atomic E-state index is 12.7. The number of hydrogen-bond acceptors (Lipinski definition) is 9. The topological polar surface area (TPSA) is 138 Å². The molecule has 1 heterocycles. The summed E-state index contributed by atoms with van der Waals surface area (Å²) in [6, 6.07) is 11.1. The van der Waals surface area contributed by atoms with Crippen LogP contribution in [0.5, 0.6) is 5.75 Å². The second-order valence-corrected chi connectivity index (χ2v) is 14.8. The molecule has 266 valence electrons. The lowest BCUT2D eigenvalue weighted by atomic mass is 9.91. The zero-order valence-corrected chi connectivity index (χ0v) is 30.5. The maximum Gasteiger partial charge on any atom is 0.409 e. The Hall–Kier alpha value is -3.16. The van der Waals surface area contributed by atoms with Crippen LogP contribution < -0.4 is 14.4 Å². The average Bonchev–Trinajstić information content (AvgIpc) is 3.18. The summed E-state index contributed by atoms with van der Waals surface area (Å²) < 4.78 is 32.6. The molecule has 0 bridgehead atoms. The third kappa shape index (κ3) is 11.5. The fourth-order valence-corrected chi connectivity index (χ4v) is 6.53. The molecule has 48 heavy (non-hydrogen) atoms. The van der Waals surface area contributed by atoms with Crippen molar-refractivity contribution in [1.82, 2.24) is 9.62 Å². The van der Waals surface area contributed by atoms with Crippen molar-refractivity contribution in [3.8, 4) is 5.75 Å². The lowest BCUT2D eigenvalue weighted by molar-refractivity contribution is -0.337. The predicted molar refractivity (Wildman–Crippen MR) is 187 cm³/mol. The molecule has 3 rings (SSSR count). The molecule has 1 aliphatic heterocycles. The number of nitrogens with one attached hydrogen (secondary N) is 1. The number of anilines is 1. The lowest BCUT2D eigenvalue weighted by Crippen LogP contribution is -2.39. The van der Waals surface area contributed by atoms with Gasteiger partial charge in [-0.25, -0.2) is 9.00 Å². The summed E-state index contributed by atoms with van der Waals surface area (Å²) in [5, 5.41) is 21.7. The number of aliphatic hydroxyl groups is 2. The summed E-state index contributed by atoms with van der Waals surface area (Å²) in [5.41, 5.74) is 2.16. The molecule has 0 fully saturated rings. The van der Waals surface area contributed by atoms with E-state index in [0.29, 0.717) is 54.6 Å². The summed E-state index contributed by atoms with van der Waals surface area (Å²) in [6.45, 7) is 10.6. The molecule has 0 aromatic heterocycles. The number of hydrogen-bond donors (Lipinski definition) is 3. The zero-order valence-electron chi connectivity index (χ0n) is 28.9. The molecule has 11 nitrogen and oxygen atoms in total. The van der Waals surface area contributed by atoms with Crippen LogP contribution in [0.3, 0.4) is 0 Å². The zero-order chi connectivity index (χ0) is 35.6. The second-order valence-electron chi connectivity index (χ2n) is 13.1. The van der Waals surface area contributed by atoms with Crippen molar-refractivity contribution in [2.75, 3.05) is 38.7 Å². The van der Waals surface area contributed by atoms with E-state index in [1.807, 2.05) is 19.1 Å². The van der Waals surface area contributed by atoms with Crippen LogP contribution in [0.15, 0.2) is 53.4 Å². The van der Waals surface area contributed by atoms with E-state index in [-0.39, 0.29) is 11.8 Å². The van der Waals surface area contributed by atoms with Gasteiger partial charge in [-0.2, -0.15) is 0 Å². The number of halogens is 1. The van der Waals surface area contributed by atoms with E-state index in [1.54, 1.807) is 53.1 Å². The van der Waals surface area contributed by atoms with E-state index in [2.05, 4.69) is 22.6 Å². The average molecular weight is 708 g/mol. The first-order valence-electron chi connectivity index (χ1n) is 16.2. The first-order chi connectivity index (χ1) is 22.6. The number of carbonyl (C=O) groups excluding carboxylic acids is 2. The van der Waals surface area contributed by atoms with Crippen LogP contribution in [0.2, 0.25) is 5.02 Å². The van der Waals surface area contributed by atoms with Crippen LogP contribution >= 0.6 is 11.6 Å². The monoisotopic (exact) mass is 707 g/mol. The molecule has 3 N–H and O–H groups in total. The van der Waals surface area contributed by atoms with Crippen LogP contribution in [-0.2, 0) is 31.7 Å². The SMILES string of the molecule is CCCc1cc(Cl)ccc1C1COc2ccc(S(=O)NC=O)cc2N(CCC(CC)C(/C=C/C(O)(O)OC(C)(C)C)OC(=O)N(C)C)C1. The molecule has 2 amide bonds. The van der Waals surface area contributed by atoms with Gasteiger partial charge >= 0.3 is 6.09 Å². The largest absolute Gasteiger partial charge is 0.491 e. The van der Waals surface area contributed by atoms with Crippen molar-refractivity contribution in [1.29, 1.82) is 0 Å². The van der Waals surface area contributed by atoms with Crippen LogP contribution in [0.4, 0.5) is 10.5 Å². The van der Waals surface area contributed by atoms with E-state index >= 15 is 0 Å². The minimum absolute atomic E-state index is 0.0282. The van der Waals surface area contributed by atoms with E-state index in [1.165, 1.54) is 11.0 Å². The van der Waals surface area contributed by atoms with Gasteiger partial charge in [0.25, 0.3) is 5.97 Å². The summed E-state index contributed by atoms with van der Waals surface area (Å²) in [5.74, 6) is -2.23. The van der Waals surface area contributed by atoms with Crippen molar-refractivity contribution in [2.45, 2.75) is 88.8 Å². The van der Waals surface area contributed by atoms with Gasteiger partial charge in [0.15, 0.2) is 11.0 Å². The molecule has 0 spiro atoms. The smallest absolute Gasteiger partial charge is 0.409 e. The van der Waals surface area contributed by atoms with Gasteiger partial charge in [-0.1, -0.05) is 37.9 Å². The highest BCUT2D eigenvalue weighted by molar-refractivity contribution is 7.83. The number of benzene rings is 2. The molecule has 2 aromatic rings. The van der Waals surface area contributed by atoms with Gasteiger partial charge in [-0.3, -0.25) is 9.52 Å². The van der Waals surface area contributed by atoms with Crippen LogP contribution in [0.1, 0.15) is 70.9 Å². The Morgan fingerprint density at radius 1 is 1.21 bits per heavy atom. The van der Waals surface area contributed by atoms with Crippen molar-refractivity contribution >= 4 is 40.8 Å². The highest BCUT2D eigenvalue weighted by atomic mass is 35.5. The predicted octanol–water partition coefficient (Wildman–Crippen LogP) is 5.54. The quantitative estimate of drug-likeness (QED) is 0.124. The highest BCUT2D eigenvalue weighted by Crippen LogP contribution is 2.38. The number of aryl methyl sites for hydroxylation is 1. The Morgan fingerprint density at radius 3 is 2.56 bits per heavy atom. The number of amides is 2. The number of nitrogens with zero attached hydrogens (tertiary/aromatic N) is 2. The lowest BCUT2D eigenvalue weighted by Gasteiger charge is -2.32. The number of carbonyl (C=O) groups is 2. The van der Waals surface area contributed by atoms with Gasteiger partial charge in [0.2, 0.25) is 6.41 Å². The fourth-order valence-electron chi connectivity index (χ4n) is 5.70. The van der Waals surface area contributed by atoms with Gasteiger partial charge in [0.1, 0.15) is 11.9 Å². The summed E-state index contributed by atoms with van der Waals surface area (Å²) in [4.78, 5) is 27.7. The fraction of sp³-hybridized carbons (Fsp3) is 0.543. The molecule has 4 unspecified atom stereocenters. The molecule has 13 heteroatoms. The highest BCUT2D eigenvalue weighted by Gasteiger charge is 2.32.